The number of aliphatic carboxylic acids is 1. The summed E-state index contributed by atoms with van der Waals surface area (Å²) in [7, 11) is 6.54. The van der Waals surface area contributed by atoms with E-state index in [2.05, 4.69) is 31.9 Å². The molecule has 11 atom stereocenters. The molecule has 1 aliphatic heterocycles. The Morgan fingerprint density at radius 3 is 1.90 bits per heavy atom. The zero-order valence-corrected chi connectivity index (χ0v) is 54.5. The van der Waals surface area contributed by atoms with E-state index in [1.807, 2.05) is 71.7 Å². The molecule has 1 heterocycles. The van der Waals surface area contributed by atoms with Crippen LogP contribution >= 0.6 is 0 Å². The third-order valence-electron chi connectivity index (χ3n) is 16.2. The van der Waals surface area contributed by atoms with Crippen LogP contribution in [-0.4, -0.2) is 181 Å². The number of carbonyl (C=O) groups is 9. The van der Waals surface area contributed by atoms with E-state index in [1.165, 1.54) is 14.2 Å². The minimum absolute atomic E-state index is 0.0812. The van der Waals surface area contributed by atoms with Crippen LogP contribution in [0.3, 0.4) is 0 Å². The first-order valence-corrected chi connectivity index (χ1v) is 30.8. The number of carbonyl (C=O) groups excluding carboxylic acids is 8. The van der Waals surface area contributed by atoms with E-state index in [0.29, 0.717) is 57.3 Å². The molecule has 2 aromatic rings. The summed E-state index contributed by atoms with van der Waals surface area (Å²) >= 11 is 0. The van der Waals surface area contributed by atoms with Crippen molar-refractivity contribution < 1.29 is 62.5 Å². The van der Waals surface area contributed by atoms with Gasteiger partial charge in [0.25, 0.3) is 0 Å². The molecule has 488 valence electrons. The molecule has 0 spiro atoms. The van der Waals surface area contributed by atoms with Gasteiger partial charge >= 0.3 is 18.1 Å². The number of unbranched alkanes of at least 4 members (excludes halogenated alkanes) is 1. The third kappa shape index (κ3) is 23.6. The fraction of sp³-hybridized carbons (Fsp3) is 0.672. The van der Waals surface area contributed by atoms with Crippen LogP contribution in [0.15, 0.2) is 54.6 Å². The van der Waals surface area contributed by atoms with Gasteiger partial charge in [0.2, 0.25) is 35.4 Å². The number of likely N-dealkylation sites (N-methyl/N-ethyl adjacent to an activating group) is 2. The van der Waals surface area contributed by atoms with E-state index in [-0.39, 0.29) is 67.2 Å². The summed E-state index contributed by atoms with van der Waals surface area (Å²) in [5.74, 6) is -5.37. The smallest absolute Gasteiger partial charge is 0.408 e. The summed E-state index contributed by atoms with van der Waals surface area (Å²) < 4.78 is 17.4. The summed E-state index contributed by atoms with van der Waals surface area (Å²) in [6.45, 7) is 23.1. The Kier molecular flexibility index (Phi) is 30.6. The quantitative estimate of drug-likeness (QED) is 0.0375. The molecule has 0 aromatic heterocycles. The molecule has 0 radical (unpaired) electrons. The number of nitrogens with two attached hydrogens (primary N) is 1. The molecule has 1 aliphatic rings. The molecular weight excluding hydrogens is 1120 g/mol. The van der Waals surface area contributed by atoms with Crippen LogP contribution in [0.25, 0.3) is 0 Å². The number of benzene rings is 2. The summed E-state index contributed by atoms with van der Waals surface area (Å²) in [4.78, 5) is 126. The number of rotatable bonds is 35. The number of methoxy groups -OCH3 is 2. The molecule has 1 saturated heterocycles. The molecule has 0 bridgehead atoms. The van der Waals surface area contributed by atoms with Crippen LogP contribution in [0.1, 0.15) is 139 Å². The number of hydrogen-bond donors (Lipinski definition) is 8. The average molecular weight is 1220 g/mol. The van der Waals surface area contributed by atoms with Gasteiger partial charge in [0.05, 0.1) is 42.7 Å². The van der Waals surface area contributed by atoms with Crippen molar-refractivity contribution in [3.63, 3.8) is 0 Å². The van der Waals surface area contributed by atoms with Crippen molar-refractivity contribution in [1.29, 1.82) is 0 Å². The van der Waals surface area contributed by atoms with Crippen LogP contribution in [0.2, 0.25) is 0 Å². The van der Waals surface area contributed by atoms with Crippen molar-refractivity contribution in [1.82, 2.24) is 41.3 Å². The number of urea groups is 1. The van der Waals surface area contributed by atoms with Gasteiger partial charge in [0.15, 0.2) is 0 Å². The van der Waals surface area contributed by atoms with E-state index in [1.54, 1.807) is 94.8 Å². The zero-order chi connectivity index (χ0) is 65.5. The topological polar surface area (TPSA) is 309 Å². The van der Waals surface area contributed by atoms with Gasteiger partial charge in [-0.05, 0) is 113 Å². The lowest BCUT2D eigenvalue weighted by Gasteiger charge is -2.41. The Labute approximate surface area is 516 Å². The van der Waals surface area contributed by atoms with E-state index in [4.69, 9.17) is 19.9 Å². The summed E-state index contributed by atoms with van der Waals surface area (Å²) in [6, 6.07) is 9.81. The fourth-order valence-electron chi connectivity index (χ4n) is 11.3. The summed E-state index contributed by atoms with van der Waals surface area (Å²) in [6.07, 6.45) is 1.32. The van der Waals surface area contributed by atoms with Gasteiger partial charge in [-0.15, -0.1) is 0 Å². The Morgan fingerprint density at radius 2 is 1.36 bits per heavy atom. The lowest BCUT2D eigenvalue weighted by molar-refractivity contribution is -0.148. The van der Waals surface area contributed by atoms with Crippen LogP contribution in [0, 0.1) is 29.6 Å². The third-order valence-corrected chi connectivity index (χ3v) is 16.2. The molecular formula is C64H104N10O13. The zero-order valence-electron chi connectivity index (χ0n) is 54.5. The van der Waals surface area contributed by atoms with Crippen molar-refractivity contribution in [3.05, 3.63) is 65.7 Å². The highest BCUT2D eigenvalue weighted by Crippen LogP contribution is 2.30. The van der Waals surface area contributed by atoms with E-state index in [9.17, 15) is 48.3 Å². The van der Waals surface area contributed by atoms with E-state index in [0.717, 1.165) is 11.1 Å². The van der Waals surface area contributed by atoms with Gasteiger partial charge in [-0.1, -0.05) is 111 Å². The molecule has 87 heavy (non-hydrogen) atoms. The maximum absolute atomic E-state index is 14.8. The number of carboxylic acids is 1. The second kappa shape index (κ2) is 35.8. The van der Waals surface area contributed by atoms with E-state index >= 15 is 0 Å². The number of anilines is 1. The number of primary amides is 1. The standard InChI is InChI=1S/C64H104N10O13/c1-17-41(8)54(49(85-15)37-50(75)74-34-23-27-48(74)55(86-16)42(9)56(76)69-47(61(81)82)36-44-24-19-18-20-25-44)73(14)60(80)52(39(4)5)70-59(79)53(40(6)7)72(13)35-32-43-28-30-45(31-29-43)67-57(77)46(26-21-22-33-66-62(65)83)68-58(78)51(38(2)3)71-63(84)87-64(10,11)12/h18-20,24-25,28-31,38-42,46-49,51-55H,17,21-23,26-27,32-37H2,1-16H3,(H,67,77)(H,68,78)(H,69,76)(H,70,79)(H,71,84)(H,81,82)(H3,65,66,83)/t41-,42+,46-,47-,48-,49+,51-,52-,53-,54-,55+/m0/s1. The molecule has 2 aromatic carbocycles. The Hall–Kier alpha value is -6.85. The Bertz CT molecular complexity index is 2550. The second-order valence-corrected chi connectivity index (χ2v) is 25.2. The molecule has 0 saturated carbocycles. The van der Waals surface area contributed by atoms with Gasteiger partial charge in [-0.25, -0.2) is 14.4 Å². The number of alkyl carbamates (subject to hydrolysis) is 1. The molecule has 0 unspecified atom stereocenters. The van der Waals surface area contributed by atoms with Gasteiger partial charge in [0, 0.05) is 53.0 Å². The first kappa shape index (κ1) is 74.4. The van der Waals surface area contributed by atoms with Crippen molar-refractivity contribution in [2.24, 2.45) is 35.3 Å². The predicted octanol–water partition coefficient (Wildman–Crippen LogP) is 5.87. The first-order chi connectivity index (χ1) is 40.8. The van der Waals surface area contributed by atoms with Crippen molar-refractivity contribution in [3.8, 4) is 0 Å². The predicted molar refractivity (Wildman–Crippen MR) is 334 cm³/mol. The number of ether oxygens (including phenoxy) is 3. The number of hydrogen-bond acceptors (Lipinski definition) is 13. The Balaban J connectivity index is 1.73. The molecule has 23 heteroatoms. The van der Waals surface area contributed by atoms with Gasteiger partial charge < -0.3 is 66.8 Å². The van der Waals surface area contributed by atoms with E-state index < -0.39 is 102 Å². The number of amides is 9. The highest BCUT2D eigenvalue weighted by molar-refractivity contribution is 5.98. The summed E-state index contributed by atoms with van der Waals surface area (Å²) in [5, 5.41) is 26.7. The molecule has 23 nitrogen and oxygen atoms in total. The minimum Gasteiger partial charge on any atom is -0.480 e. The minimum atomic E-state index is -1.17. The normalized spacial score (nSPS) is 17.0. The number of likely N-dealkylation sites (tertiary alicyclic amines) is 1. The number of nitrogens with one attached hydrogen (secondary N) is 6. The molecule has 3 rings (SSSR count). The lowest BCUT2D eigenvalue weighted by Crippen LogP contribution is -2.60. The van der Waals surface area contributed by atoms with Crippen molar-refractivity contribution in [2.75, 3.05) is 53.3 Å². The molecule has 1 fully saturated rings. The Morgan fingerprint density at radius 1 is 0.736 bits per heavy atom. The van der Waals surface area contributed by atoms with Gasteiger partial charge in [-0.2, -0.15) is 0 Å². The lowest BCUT2D eigenvalue weighted by atomic mass is 9.89. The highest BCUT2D eigenvalue weighted by atomic mass is 16.6. The SMILES string of the molecule is CC[C@H](C)[C@@H]([C@@H](CC(=O)N1CCC[C@H]1[C@H](OC)[C@@H](C)C(=O)N[C@@H](Cc1ccccc1)C(=O)O)OC)N(C)C(=O)[C@@H](NC(=O)[C@H](C(C)C)N(C)CCc1ccc(NC(=O)[C@H](CCCCNC(N)=O)NC(=O)[C@@H](NC(=O)OC(C)(C)C)C(C)C)cc1)C(C)C. The van der Waals surface area contributed by atoms with Crippen LogP contribution in [-0.2, 0) is 60.6 Å². The molecule has 0 aliphatic carbocycles. The maximum atomic E-state index is 14.8. The molecule has 9 amide bonds. The van der Waals surface area contributed by atoms with Gasteiger partial charge in [-0.3, -0.25) is 33.7 Å². The second-order valence-electron chi connectivity index (χ2n) is 25.2. The van der Waals surface area contributed by atoms with Crippen LogP contribution < -0.4 is 37.6 Å². The van der Waals surface area contributed by atoms with Gasteiger partial charge in [0.1, 0.15) is 29.8 Å². The maximum Gasteiger partial charge on any atom is 0.408 e. The van der Waals surface area contributed by atoms with Crippen LogP contribution in [0.5, 0.6) is 0 Å². The largest absolute Gasteiger partial charge is 0.480 e. The van der Waals surface area contributed by atoms with Crippen LogP contribution in [0.4, 0.5) is 15.3 Å². The van der Waals surface area contributed by atoms with Crippen molar-refractivity contribution >= 4 is 59.2 Å². The molecule has 9 N–H and O–H groups in total. The fourth-order valence-corrected chi connectivity index (χ4v) is 11.3. The number of carboxylic acid groups (broad SMARTS) is 1. The first-order valence-electron chi connectivity index (χ1n) is 30.8. The highest BCUT2D eigenvalue weighted by Gasteiger charge is 2.44. The monoisotopic (exact) mass is 1220 g/mol. The summed E-state index contributed by atoms with van der Waals surface area (Å²) in [5.41, 5.74) is 6.57. The average Bonchev–Trinajstić information content (AvgIpc) is 2.53. The number of nitrogens with zero attached hydrogens (tertiary/aromatic N) is 3. The van der Waals surface area contributed by atoms with Crippen molar-refractivity contribution in [2.45, 2.75) is 201 Å².